The topological polar surface area (TPSA) is 3.24 Å². The summed E-state index contributed by atoms with van der Waals surface area (Å²) in [5, 5.41) is 1.57. The van der Waals surface area contributed by atoms with Crippen LogP contribution in [0.1, 0.15) is 68.2 Å². The van der Waals surface area contributed by atoms with Gasteiger partial charge in [-0.25, -0.2) is 0 Å². The fraction of sp³-hybridized carbons (Fsp3) is 0.478. The predicted molar refractivity (Wildman–Crippen MR) is 114 cm³/mol. The van der Waals surface area contributed by atoms with E-state index in [2.05, 4.69) is 76.0 Å². The summed E-state index contributed by atoms with van der Waals surface area (Å²) >= 11 is 13.3. The standard InChI is InChI=1S/C23H29Cl2N/c1-15(2)17-6-8-18(9-7-17)23(10-11-26(5)14-23)19-12-20(24)22(16(3)4)21(25)13-19/h6-9,12-13,15-16H,10-11,14H2,1-5H3. The van der Waals surface area contributed by atoms with E-state index in [0.29, 0.717) is 11.8 Å². The molecule has 1 saturated heterocycles. The van der Waals surface area contributed by atoms with E-state index in [0.717, 1.165) is 35.1 Å². The van der Waals surface area contributed by atoms with Crippen molar-refractivity contribution in [3.63, 3.8) is 0 Å². The molecule has 3 rings (SSSR count). The van der Waals surface area contributed by atoms with E-state index >= 15 is 0 Å². The molecule has 1 fully saturated rings. The second-order valence-electron chi connectivity index (χ2n) is 8.35. The molecule has 0 saturated carbocycles. The fourth-order valence-corrected chi connectivity index (χ4v) is 5.16. The molecule has 1 aliphatic rings. The lowest BCUT2D eigenvalue weighted by molar-refractivity contribution is 0.391. The van der Waals surface area contributed by atoms with Crippen molar-refractivity contribution in [2.45, 2.75) is 51.4 Å². The van der Waals surface area contributed by atoms with Gasteiger partial charge in [-0.05, 0) is 66.2 Å². The largest absolute Gasteiger partial charge is 0.305 e. The van der Waals surface area contributed by atoms with Crippen molar-refractivity contribution < 1.29 is 0 Å². The summed E-state index contributed by atoms with van der Waals surface area (Å²) in [6.45, 7) is 10.8. The molecule has 1 heterocycles. The van der Waals surface area contributed by atoms with Crippen LogP contribution in [0.5, 0.6) is 0 Å². The van der Waals surface area contributed by atoms with Gasteiger partial charge >= 0.3 is 0 Å². The van der Waals surface area contributed by atoms with Gasteiger partial charge in [-0.2, -0.15) is 0 Å². The molecule has 2 aromatic rings. The summed E-state index contributed by atoms with van der Waals surface area (Å²) in [4.78, 5) is 2.40. The number of nitrogens with zero attached hydrogens (tertiary/aromatic N) is 1. The summed E-state index contributed by atoms with van der Waals surface area (Å²) in [6.07, 6.45) is 1.08. The third-order valence-electron chi connectivity index (χ3n) is 5.80. The van der Waals surface area contributed by atoms with Crippen molar-refractivity contribution in [3.05, 3.63) is 68.7 Å². The zero-order valence-corrected chi connectivity index (χ0v) is 18.0. The minimum atomic E-state index is -0.0486. The highest BCUT2D eigenvalue weighted by atomic mass is 35.5. The van der Waals surface area contributed by atoms with Gasteiger partial charge in [0.1, 0.15) is 0 Å². The SMILES string of the molecule is CC(C)c1ccc(C2(c3cc(Cl)c(C(C)C)c(Cl)c3)CCN(C)C2)cc1. The summed E-state index contributed by atoms with van der Waals surface area (Å²) in [5.41, 5.74) is 4.97. The first-order valence-corrected chi connectivity index (χ1v) is 10.3. The number of halogens is 2. The number of hydrogen-bond acceptors (Lipinski definition) is 1. The summed E-state index contributed by atoms with van der Waals surface area (Å²) in [5.74, 6) is 0.858. The van der Waals surface area contributed by atoms with Crippen LogP contribution in [0.25, 0.3) is 0 Å². The molecule has 2 aromatic carbocycles. The Kier molecular flexibility index (Phi) is 5.72. The maximum atomic E-state index is 6.66. The molecule has 26 heavy (non-hydrogen) atoms. The van der Waals surface area contributed by atoms with Gasteiger partial charge in [-0.1, -0.05) is 75.2 Å². The molecular weight excluding hydrogens is 361 g/mol. The zero-order valence-electron chi connectivity index (χ0n) is 16.4. The van der Waals surface area contributed by atoms with Crippen LogP contribution in [0.3, 0.4) is 0 Å². The number of benzene rings is 2. The average molecular weight is 390 g/mol. The van der Waals surface area contributed by atoms with E-state index in [9.17, 15) is 0 Å². The van der Waals surface area contributed by atoms with Crippen LogP contribution in [-0.4, -0.2) is 25.0 Å². The lowest BCUT2D eigenvalue weighted by Gasteiger charge is -2.32. The third-order valence-corrected chi connectivity index (χ3v) is 6.42. The van der Waals surface area contributed by atoms with E-state index in [-0.39, 0.29) is 5.41 Å². The molecule has 0 N–H and O–H groups in total. The third kappa shape index (κ3) is 3.54. The second-order valence-corrected chi connectivity index (χ2v) is 9.17. The van der Waals surface area contributed by atoms with Crippen molar-refractivity contribution in [1.82, 2.24) is 4.90 Å². The van der Waals surface area contributed by atoms with Crippen LogP contribution in [0, 0.1) is 0 Å². The Morgan fingerprint density at radius 1 is 0.885 bits per heavy atom. The predicted octanol–water partition coefficient (Wildman–Crippen LogP) is 6.86. The van der Waals surface area contributed by atoms with E-state index in [1.165, 1.54) is 16.7 Å². The van der Waals surface area contributed by atoms with Crippen LogP contribution in [0.15, 0.2) is 36.4 Å². The lowest BCUT2D eigenvalue weighted by Crippen LogP contribution is -2.31. The van der Waals surface area contributed by atoms with Crippen LogP contribution < -0.4 is 0 Å². The second kappa shape index (κ2) is 7.54. The Labute approximate surface area is 168 Å². The first-order valence-electron chi connectivity index (χ1n) is 9.53. The Morgan fingerprint density at radius 3 is 1.88 bits per heavy atom. The highest BCUT2D eigenvalue weighted by Crippen LogP contribution is 2.44. The summed E-state index contributed by atoms with van der Waals surface area (Å²) in [7, 11) is 2.19. The van der Waals surface area contributed by atoms with Crippen LogP contribution in [0.4, 0.5) is 0 Å². The summed E-state index contributed by atoms with van der Waals surface area (Å²) < 4.78 is 0. The van der Waals surface area contributed by atoms with Gasteiger partial charge < -0.3 is 4.90 Å². The van der Waals surface area contributed by atoms with Gasteiger partial charge in [0.05, 0.1) is 0 Å². The molecule has 140 valence electrons. The van der Waals surface area contributed by atoms with E-state index < -0.39 is 0 Å². The minimum Gasteiger partial charge on any atom is -0.305 e. The monoisotopic (exact) mass is 389 g/mol. The van der Waals surface area contributed by atoms with Crippen LogP contribution in [0.2, 0.25) is 10.0 Å². The Morgan fingerprint density at radius 2 is 1.46 bits per heavy atom. The number of hydrogen-bond donors (Lipinski definition) is 0. The van der Waals surface area contributed by atoms with Crippen molar-refractivity contribution >= 4 is 23.2 Å². The smallest absolute Gasteiger partial charge is 0.0458 e. The number of likely N-dealkylation sites (N-methyl/N-ethyl adjacent to an activating group) is 1. The van der Waals surface area contributed by atoms with E-state index in [1.54, 1.807) is 0 Å². The molecule has 0 bridgehead atoms. The van der Waals surface area contributed by atoms with Gasteiger partial charge in [-0.3, -0.25) is 0 Å². The van der Waals surface area contributed by atoms with Crippen LogP contribution in [-0.2, 0) is 5.41 Å². The maximum absolute atomic E-state index is 6.66. The number of likely N-dealkylation sites (tertiary alicyclic amines) is 1. The zero-order chi connectivity index (χ0) is 19.1. The van der Waals surface area contributed by atoms with E-state index in [4.69, 9.17) is 23.2 Å². The van der Waals surface area contributed by atoms with Gasteiger partial charge in [0.15, 0.2) is 0 Å². The molecule has 0 spiro atoms. The Bertz CT molecular complexity index is 756. The van der Waals surface area contributed by atoms with E-state index in [1.807, 2.05) is 0 Å². The molecule has 1 atom stereocenters. The lowest BCUT2D eigenvalue weighted by atomic mass is 9.73. The van der Waals surface area contributed by atoms with Crippen molar-refractivity contribution in [1.29, 1.82) is 0 Å². The first-order chi connectivity index (χ1) is 12.2. The normalized spacial score (nSPS) is 21.1. The highest BCUT2D eigenvalue weighted by Gasteiger charge is 2.40. The van der Waals surface area contributed by atoms with Crippen molar-refractivity contribution in [2.75, 3.05) is 20.1 Å². The molecule has 1 unspecified atom stereocenters. The fourth-order valence-electron chi connectivity index (χ4n) is 4.24. The molecule has 0 aliphatic carbocycles. The van der Waals surface area contributed by atoms with Gasteiger partial charge in [0.25, 0.3) is 0 Å². The highest BCUT2D eigenvalue weighted by molar-refractivity contribution is 6.36. The minimum absolute atomic E-state index is 0.0486. The van der Waals surface area contributed by atoms with Crippen molar-refractivity contribution in [3.8, 4) is 0 Å². The Balaban J connectivity index is 2.12. The maximum Gasteiger partial charge on any atom is 0.0458 e. The Hall–Kier alpha value is -1.02. The molecule has 1 nitrogen and oxygen atoms in total. The van der Waals surface area contributed by atoms with Gasteiger partial charge in [0, 0.05) is 22.0 Å². The average Bonchev–Trinajstić information content (AvgIpc) is 2.97. The molecule has 0 aromatic heterocycles. The summed E-state index contributed by atoms with van der Waals surface area (Å²) in [6, 6.07) is 13.4. The van der Waals surface area contributed by atoms with Crippen LogP contribution >= 0.6 is 23.2 Å². The van der Waals surface area contributed by atoms with Gasteiger partial charge in [-0.15, -0.1) is 0 Å². The quantitative estimate of drug-likeness (QED) is 0.551. The first kappa shape index (κ1) is 19.7. The molecular formula is C23H29Cl2N. The molecule has 0 radical (unpaired) electrons. The molecule has 0 amide bonds. The molecule has 3 heteroatoms. The number of rotatable bonds is 4. The van der Waals surface area contributed by atoms with Crippen molar-refractivity contribution in [2.24, 2.45) is 0 Å². The van der Waals surface area contributed by atoms with Gasteiger partial charge in [0.2, 0.25) is 0 Å². The molecule has 1 aliphatic heterocycles.